The number of hydrogen-bond acceptors (Lipinski definition) is 4. The lowest BCUT2D eigenvalue weighted by Gasteiger charge is -2.12. The summed E-state index contributed by atoms with van der Waals surface area (Å²) in [5.74, 6) is -0.401. The summed E-state index contributed by atoms with van der Waals surface area (Å²) < 4.78 is 29.5. The Balaban J connectivity index is 2.72. The summed E-state index contributed by atoms with van der Waals surface area (Å²) in [6.45, 7) is 3.45. The first kappa shape index (κ1) is 18.4. The lowest BCUT2D eigenvalue weighted by molar-refractivity contribution is -0.144. The first-order valence-electron chi connectivity index (χ1n) is 7.61. The number of sulfone groups is 1. The van der Waals surface area contributed by atoms with E-state index in [1.165, 1.54) is 13.0 Å². The van der Waals surface area contributed by atoms with Crippen LogP contribution in [0.2, 0.25) is 0 Å². The van der Waals surface area contributed by atoms with Gasteiger partial charge in [0.1, 0.15) is 6.10 Å². The standard InChI is InChI=1S/C17H24O4S/c1-3-4-5-7-10-16(21-15(2)18)13-14-22(19,20)17-11-8-6-9-12-17/h6,8-9,11-14,16H,3-5,7,10H2,1-2H3/b14-13-. The molecule has 0 N–H and O–H groups in total. The van der Waals surface area contributed by atoms with Gasteiger partial charge < -0.3 is 4.74 Å². The number of benzene rings is 1. The highest BCUT2D eigenvalue weighted by molar-refractivity contribution is 7.94. The lowest BCUT2D eigenvalue weighted by atomic mass is 10.1. The highest BCUT2D eigenvalue weighted by Crippen LogP contribution is 2.14. The molecule has 1 aromatic rings. The van der Waals surface area contributed by atoms with Gasteiger partial charge in [0.2, 0.25) is 0 Å². The van der Waals surface area contributed by atoms with Crippen LogP contribution in [0.15, 0.2) is 46.7 Å². The molecule has 0 aliphatic rings. The molecular formula is C17H24O4S. The van der Waals surface area contributed by atoms with Gasteiger partial charge >= 0.3 is 5.97 Å². The minimum Gasteiger partial charge on any atom is -0.458 e. The Morgan fingerprint density at radius 2 is 1.86 bits per heavy atom. The highest BCUT2D eigenvalue weighted by atomic mass is 32.2. The molecule has 122 valence electrons. The maximum atomic E-state index is 12.2. The molecule has 1 aromatic carbocycles. The predicted octanol–water partition coefficient (Wildman–Crippen LogP) is 3.88. The summed E-state index contributed by atoms with van der Waals surface area (Å²) in [4.78, 5) is 11.4. The maximum Gasteiger partial charge on any atom is 0.303 e. The Kier molecular flexibility index (Phi) is 7.88. The Morgan fingerprint density at radius 3 is 2.45 bits per heavy atom. The summed E-state index contributed by atoms with van der Waals surface area (Å²) in [6.07, 6.45) is 5.81. The molecule has 0 aliphatic heterocycles. The Hall–Kier alpha value is -1.62. The van der Waals surface area contributed by atoms with Crippen molar-refractivity contribution in [3.63, 3.8) is 0 Å². The van der Waals surface area contributed by atoms with Gasteiger partial charge in [0.25, 0.3) is 0 Å². The van der Waals surface area contributed by atoms with Gasteiger partial charge in [-0.25, -0.2) is 8.42 Å². The molecule has 1 unspecified atom stereocenters. The molecule has 5 heteroatoms. The molecule has 22 heavy (non-hydrogen) atoms. The van der Waals surface area contributed by atoms with Gasteiger partial charge in [-0.3, -0.25) is 4.79 Å². The molecule has 1 rings (SSSR count). The van der Waals surface area contributed by atoms with Crippen LogP contribution in [0, 0.1) is 0 Å². The molecule has 0 saturated heterocycles. The summed E-state index contributed by atoms with van der Waals surface area (Å²) in [5.41, 5.74) is 0. The summed E-state index contributed by atoms with van der Waals surface area (Å²) in [7, 11) is -3.50. The molecule has 0 amide bonds. The van der Waals surface area contributed by atoms with Gasteiger partial charge in [0, 0.05) is 12.3 Å². The minimum atomic E-state index is -3.50. The number of hydrogen-bond donors (Lipinski definition) is 0. The molecule has 1 atom stereocenters. The quantitative estimate of drug-likeness (QED) is 0.511. The fourth-order valence-corrected chi connectivity index (χ4v) is 3.14. The Morgan fingerprint density at radius 1 is 1.18 bits per heavy atom. The second kappa shape index (κ2) is 9.41. The molecule has 0 spiro atoms. The van der Waals surface area contributed by atoms with Crippen molar-refractivity contribution < 1.29 is 17.9 Å². The Labute approximate surface area is 133 Å². The van der Waals surface area contributed by atoms with E-state index in [9.17, 15) is 13.2 Å². The van der Waals surface area contributed by atoms with E-state index >= 15 is 0 Å². The normalized spacial score (nSPS) is 13.2. The van der Waals surface area contributed by atoms with Gasteiger partial charge in [-0.2, -0.15) is 0 Å². The van der Waals surface area contributed by atoms with E-state index in [1.807, 2.05) is 0 Å². The molecule has 4 nitrogen and oxygen atoms in total. The molecule has 0 heterocycles. The van der Waals surface area contributed by atoms with E-state index in [2.05, 4.69) is 6.92 Å². The maximum absolute atomic E-state index is 12.2. The number of ether oxygens (including phenoxy) is 1. The molecule has 0 saturated carbocycles. The van der Waals surface area contributed by atoms with E-state index in [0.29, 0.717) is 6.42 Å². The highest BCUT2D eigenvalue weighted by Gasteiger charge is 2.13. The first-order chi connectivity index (χ1) is 10.5. The second-order valence-electron chi connectivity index (χ2n) is 5.18. The van der Waals surface area contributed by atoms with Crippen molar-refractivity contribution in [1.82, 2.24) is 0 Å². The topological polar surface area (TPSA) is 60.4 Å². The van der Waals surface area contributed by atoms with E-state index in [-0.39, 0.29) is 4.90 Å². The van der Waals surface area contributed by atoms with Crippen molar-refractivity contribution in [2.24, 2.45) is 0 Å². The third-order valence-electron chi connectivity index (χ3n) is 3.20. The van der Waals surface area contributed by atoms with Gasteiger partial charge in [-0.15, -0.1) is 0 Å². The third kappa shape index (κ3) is 6.89. The minimum absolute atomic E-state index is 0.235. The summed E-state index contributed by atoms with van der Waals surface area (Å²) >= 11 is 0. The largest absolute Gasteiger partial charge is 0.458 e. The predicted molar refractivity (Wildman–Crippen MR) is 87.1 cm³/mol. The smallest absolute Gasteiger partial charge is 0.303 e. The van der Waals surface area contributed by atoms with Crippen molar-refractivity contribution in [3.05, 3.63) is 41.8 Å². The van der Waals surface area contributed by atoms with Crippen LogP contribution in [0.25, 0.3) is 0 Å². The Bertz CT molecular complexity index is 576. The van der Waals surface area contributed by atoms with Crippen LogP contribution in [-0.4, -0.2) is 20.5 Å². The van der Waals surface area contributed by atoms with Crippen LogP contribution < -0.4 is 0 Å². The van der Waals surface area contributed by atoms with Crippen LogP contribution in [0.4, 0.5) is 0 Å². The number of esters is 1. The first-order valence-corrected chi connectivity index (χ1v) is 9.16. The average molecular weight is 324 g/mol. The summed E-state index contributed by atoms with van der Waals surface area (Å²) in [6, 6.07) is 8.20. The molecule has 0 aromatic heterocycles. The molecule has 0 radical (unpaired) electrons. The van der Waals surface area contributed by atoms with Crippen molar-refractivity contribution in [1.29, 1.82) is 0 Å². The number of unbranched alkanes of at least 4 members (excludes halogenated alkanes) is 3. The fraction of sp³-hybridized carbons (Fsp3) is 0.471. The molecule has 0 aliphatic carbocycles. The second-order valence-corrected chi connectivity index (χ2v) is 7.02. The van der Waals surface area contributed by atoms with Crippen molar-refractivity contribution in [2.45, 2.75) is 57.0 Å². The van der Waals surface area contributed by atoms with Gasteiger partial charge in [0.15, 0.2) is 9.84 Å². The van der Waals surface area contributed by atoms with Crippen LogP contribution in [-0.2, 0) is 19.4 Å². The SMILES string of the molecule is CCCCCCC(/C=C\S(=O)(=O)c1ccccc1)OC(C)=O. The van der Waals surface area contributed by atoms with E-state index < -0.39 is 21.9 Å². The van der Waals surface area contributed by atoms with Crippen molar-refractivity contribution >= 4 is 15.8 Å². The van der Waals surface area contributed by atoms with Gasteiger partial charge in [0.05, 0.1) is 4.90 Å². The zero-order valence-electron chi connectivity index (χ0n) is 13.2. The monoisotopic (exact) mass is 324 g/mol. The molecular weight excluding hydrogens is 300 g/mol. The van der Waals surface area contributed by atoms with Crippen LogP contribution in [0.1, 0.15) is 46.0 Å². The number of carbonyl (C=O) groups is 1. The average Bonchev–Trinajstić information content (AvgIpc) is 2.49. The lowest BCUT2D eigenvalue weighted by Crippen LogP contribution is -2.14. The van der Waals surface area contributed by atoms with Gasteiger partial charge in [-0.05, 0) is 31.1 Å². The number of rotatable bonds is 9. The van der Waals surface area contributed by atoms with Gasteiger partial charge in [-0.1, -0.05) is 44.4 Å². The van der Waals surface area contributed by atoms with E-state index in [4.69, 9.17) is 4.74 Å². The van der Waals surface area contributed by atoms with Crippen LogP contribution in [0.3, 0.4) is 0 Å². The van der Waals surface area contributed by atoms with E-state index in [0.717, 1.165) is 31.1 Å². The number of carbonyl (C=O) groups excluding carboxylic acids is 1. The van der Waals surface area contributed by atoms with Crippen LogP contribution in [0.5, 0.6) is 0 Å². The van der Waals surface area contributed by atoms with Crippen molar-refractivity contribution in [3.8, 4) is 0 Å². The zero-order valence-corrected chi connectivity index (χ0v) is 14.0. The van der Waals surface area contributed by atoms with Crippen molar-refractivity contribution in [2.75, 3.05) is 0 Å². The van der Waals surface area contributed by atoms with E-state index in [1.54, 1.807) is 30.3 Å². The molecule has 0 fully saturated rings. The fourth-order valence-electron chi connectivity index (χ4n) is 2.06. The molecule has 0 bridgehead atoms. The zero-order chi connectivity index (χ0) is 16.4. The van der Waals surface area contributed by atoms with Crippen LogP contribution >= 0.6 is 0 Å². The summed E-state index contributed by atoms with van der Waals surface area (Å²) in [5, 5.41) is 1.13. The third-order valence-corrected chi connectivity index (χ3v) is 4.65.